The highest BCUT2D eigenvalue weighted by molar-refractivity contribution is 5.39. The van der Waals surface area contributed by atoms with E-state index in [9.17, 15) is 4.39 Å². The van der Waals surface area contributed by atoms with Crippen molar-refractivity contribution in [3.63, 3.8) is 0 Å². The van der Waals surface area contributed by atoms with Gasteiger partial charge < -0.3 is 10.5 Å². The van der Waals surface area contributed by atoms with E-state index in [0.29, 0.717) is 5.75 Å². The summed E-state index contributed by atoms with van der Waals surface area (Å²) in [5, 5.41) is 0. The van der Waals surface area contributed by atoms with Gasteiger partial charge in [-0.15, -0.1) is 0 Å². The molecule has 0 aromatic heterocycles. The highest BCUT2D eigenvalue weighted by Crippen LogP contribution is 2.47. The third-order valence-electron chi connectivity index (χ3n) is 4.78. The highest BCUT2D eigenvalue weighted by Gasteiger charge is 2.43. The molecule has 2 nitrogen and oxygen atoms in total. The third-order valence-corrected chi connectivity index (χ3v) is 4.78. The number of hydrogen-bond acceptors (Lipinski definition) is 2. The zero-order valence-electron chi connectivity index (χ0n) is 11.5. The Morgan fingerprint density at radius 1 is 1.42 bits per heavy atom. The van der Waals surface area contributed by atoms with Crippen molar-refractivity contribution in [2.45, 2.75) is 57.1 Å². The molecule has 3 heteroatoms. The van der Waals surface area contributed by atoms with Crippen molar-refractivity contribution in [1.82, 2.24) is 0 Å². The van der Waals surface area contributed by atoms with Crippen molar-refractivity contribution in [3.8, 4) is 5.75 Å². The van der Waals surface area contributed by atoms with E-state index in [4.69, 9.17) is 10.5 Å². The molecule has 0 amide bonds. The van der Waals surface area contributed by atoms with E-state index in [2.05, 4.69) is 6.92 Å². The normalized spacial score (nSPS) is 33.8. The standard InChI is InChI=1S/C16H22FNO/c1-2-11-4-3-7-16(9-11)10-14(18)13-6-5-12(17)8-15(13)19-16/h5-6,8,11,14H,2-4,7,9-10,18H2,1H3/t11?,14-,16?/m0/s1. The van der Waals surface area contributed by atoms with Crippen LogP contribution in [-0.4, -0.2) is 5.60 Å². The molecule has 1 heterocycles. The Morgan fingerprint density at radius 3 is 3.05 bits per heavy atom. The first-order valence-electron chi connectivity index (χ1n) is 7.36. The maximum Gasteiger partial charge on any atom is 0.127 e. The maximum absolute atomic E-state index is 13.4. The predicted molar refractivity (Wildman–Crippen MR) is 73.6 cm³/mol. The predicted octanol–water partition coefficient (Wildman–Crippen LogP) is 3.95. The average molecular weight is 263 g/mol. The molecule has 1 saturated carbocycles. The number of ether oxygens (including phenoxy) is 1. The highest BCUT2D eigenvalue weighted by atomic mass is 19.1. The molecule has 3 atom stereocenters. The van der Waals surface area contributed by atoms with Gasteiger partial charge in [-0.3, -0.25) is 0 Å². The second-order valence-corrected chi connectivity index (χ2v) is 6.15. The van der Waals surface area contributed by atoms with Crippen molar-refractivity contribution < 1.29 is 9.13 Å². The zero-order valence-corrected chi connectivity index (χ0v) is 11.5. The molecule has 0 bridgehead atoms. The van der Waals surface area contributed by atoms with Gasteiger partial charge in [0.2, 0.25) is 0 Å². The largest absolute Gasteiger partial charge is 0.487 e. The third kappa shape index (κ3) is 2.36. The lowest BCUT2D eigenvalue weighted by Gasteiger charge is -2.46. The maximum atomic E-state index is 13.4. The molecular weight excluding hydrogens is 241 g/mol. The Hall–Kier alpha value is -1.09. The summed E-state index contributed by atoms with van der Waals surface area (Å²) < 4.78 is 19.6. The van der Waals surface area contributed by atoms with Gasteiger partial charge in [-0.1, -0.05) is 25.8 Å². The summed E-state index contributed by atoms with van der Waals surface area (Å²) in [6.45, 7) is 2.24. The van der Waals surface area contributed by atoms with Crippen molar-refractivity contribution in [2.75, 3.05) is 0 Å². The number of halogens is 1. The molecule has 1 spiro atoms. The van der Waals surface area contributed by atoms with Crippen LogP contribution in [0, 0.1) is 11.7 Å². The molecule has 2 N–H and O–H groups in total. The zero-order chi connectivity index (χ0) is 13.5. The van der Waals surface area contributed by atoms with Gasteiger partial charge in [0.05, 0.1) is 0 Å². The monoisotopic (exact) mass is 263 g/mol. The fourth-order valence-corrected chi connectivity index (χ4v) is 3.76. The van der Waals surface area contributed by atoms with Gasteiger partial charge >= 0.3 is 0 Å². The van der Waals surface area contributed by atoms with Crippen LogP contribution in [0.25, 0.3) is 0 Å². The lowest BCUT2D eigenvalue weighted by atomic mass is 9.72. The van der Waals surface area contributed by atoms with Gasteiger partial charge in [-0.25, -0.2) is 4.39 Å². The number of fused-ring (bicyclic) bond motifs is 1. The van der Waals surface area contributed by atoms with Crippen LogP contribution in [0.15, 0.2) is 18.2 Å². The first kappa shape index (κ1) is 12.9. The molecule has 1 aromatic rings. The minimum Gasteiger partial charge on any atom is -0.487 e. The van der Waals surface area contributed by atoms with Crippen LogP contribution in [0.1, 0.15) is 57.1 Å². The smallest absolute Gasteiger partial charge is 0.127 e. The van der Waals surface area contributed by atoms with Gasteiger partial charge in [0, 0.05) is 24.1 Å². The molecule has 1 aromatic carbocycles. The Balaban J connectivity index is 1.90. The van der Waals surface area contributed by atoms with E-state index in [0.717, 1.165) is 30.7 Å². The van der Waals surface area contributed by atoms with Gasteiger partial charge in [-0.2, -0.15) is 0 Å². The van der Waals surface area contributed by atoms with Crippen molar-refractivity contribution >= 4 is 0 Å². The first-order chi connectivity index (χ1) is 9.12. The van der Waals surface area contributed by atoms with E-state index in [1.54, 1.807) is 6.07 Å². The molecule has 2 unspecified atom stereocenters. The summed E-state index contributed by atoms with van der Waals surface area (Å²) in [4.78, 5) is 0. The molecule has 104 valence electrons. The molecule has 2 aliphatic rings. The molecule has 1 fully saturated rings. The van der Waals surface area contributed by atoms with Crippen LogP contribution in [0.5, 0.6) is 5.75 Å². The van der Waals surface area contributed by atoms with Gasteiger partial charge in [0.1, 0.15) is 17.2 Å². The summed E-state index contributed by atoms with van der Waals surface area (Å²) >= 11 is 0. The average Bonchev–Trinajstić information content (AvgIpc) is 2.38. The summed E-state index contributed by atoms with van der Waals surface area (Å²) in [6.07, 6.45) is 6.64. The van der Waals surface area contributed by atoms with E-state index >= 15 is 0 Å². The fraction of sp³-hybridized carbons (Fsp3) is 0.625. The fourth-order valence-electron chi connectivity index (χ4n) is 3.76. The summed E-state index contributed by atoms with van der Waals surface area (Å²) in [7, 11) is 0. The Kier molecular flexibility index (Phi) is 3.25. The second kappa shape index (κ2) is 4.78. The van der Waals surface area contributed by atoms with Crippen LogP contribution in [-0.2, 0) is 0 Å². The SMILES string of the molecule is CCC1CCCC2(C1)C[C@H](N)c1ccc(F)cc1O2. The first-order valence-corrected chi connectivity index (χ1v) is 7.36. The van der Waals surface area contributed by atoms with Crippen LogP contribution in [0.4, 0.5) is 4.39 Å². The van der Waals surface area contributed by atoms with Gasteiger partial charge in [0.15, 0.2) is 0 Å². The van der Waals surface area contributed by atoms with Gasteiger partial charge in [-0.05, 0) is 31.2 Å². The Bertz CT molecular complexity index is 476. The molecule has 1 aliphatic carbocycles. The van der Waals surface area contributed by atoms with Crippen molar-refractivity contribution in [3.05, 3.63) is 29.6 Å². The van der Waals surface area contributed by atoms with Crippen LogP contribution >= 0.6 is 0 Å². The number of rotatable bonds is 1. The Labute approximate surface area is 114 Å². The number of nitrogens with two attached hydrogens (primary N) is 1. The summed E-state index contributed by atoms with van der Waals surface area (Å²) in [6, 6.07) is 4.70. The minimum absolute atomic E-state index is 0.0278. The second-order valence-electron chi connectivity index (χ2n) is 6.15. The van der Waals surface area contributed by atoms with Crippen LogP contribution in [0.2, 0.25) is 0 Å². The molecule has 0 saturated heterocycles. The number of hydrogen-bond donors (Lipinski definition) is 1. The van der Waals surface area contributed by atoms with E-state index in [-0.39, 0.29) is 17.5 Å². The topological polar surface area (TPSA) is 35.2 Å². The molecule has 19 heavy (non-hydrogen) atoms. The lowest BCUT2D eigenvalue weighted by Crippen LogP contribution is -2.46. The van der Waals surface area contributed by atoms with Crippen LogP contribution in [0.3, 0.4) is 0 Å². The molecule has 3 rings (SSSR count). The molecule has 1 aliphatic heterocycles. The summed E-state index contributed by atoms with van der Waals surface area (Å²) in [5.41, 5.74) is 7.08. The lowest BCUT2D eigenvalue weighted by molar-refractivity contribution is -0.0178. The van der Waals surface area contributed by atoms with E-state index < -0.39 is 0 Å². The minimum atomic E-state index is -0.245. The quantitative estimate of drug-likeness (QED) is 0.832. The van der Waals surface area contributed by atoms with E-state index in [1.807, 2.05) is 0 Å². The summed E-state index contributed by atoms with van der Waals surface area (Å²) in [5.74, 6) is 1.14. The van der Waals surface area contributed by atoms with Crippen LogP contribution < -0.4 is 10.5 Å². The molecule has 0 radical (unpaired) electrons. The van der Waals surface area contributed by atoms with Crippen molar-refractivity contribution in [1.29, 1.82) is 0 Å². The number of benzene rings is 1. The van der Waals surface area contributed by atoms with Crippen molar-refractivity contribution in [2.24, 2.45) is 11.7 Å². The Morgan fingerprint density at radius 2 is 2.26 bits per heavy atom. The van der Waals surface area contributed by atoms with Gasteiger partial charge in [0.25, 0.3) is 0 Å². The molecular formula is C16H22FNO. The van der Waals surface area contributed by atoms with E-state index in [1.165, 1.54) is 31.4 Å².